The van der Waals surface area contributed by atoms with E-state index in [2.05, 4.69) is 4.36 Å². The molecule has 1 saturated heterocycles. The molecular formula is C24H25ClN4O5S. The minimum atomic E-state index is -3.03. The van der Waals surface area contributed by atoms with Crippen LogP contribution in [0.15, 0.2) is 84.4 Å². The van der Waals surface area contributed by atoms with Crippen LogP contribution in [0.3, 0.4) is 0 Å². The van der Waals surface area contributed by atoms with Crippen LogP contribution in [0, 0.1) is 0 Å². The second-order valence-electron chi connectivity index (χ2n) is 7.77. The van der Waals surface area contributed by atoms with Gasteiger partial charge < -0.3 is 23.7 Å². The second-order valence-corrected chi connectivity index (χ2v) is 9.92. The minimum absolute atomic E-state index is 0. The first-order valence-corrected chi connectivity index (χ1v) is 12.3. The Labute approximate surface area is 209 Å². The predicted octanol–water partition coefficient (Wildman–Crippen LogP) is 4.06. The van der Waals surface area contributed by atoms with Crippen molar-refractivity contribution in [3.8, 4) is 11.5 Å². The zero-order valence-corrected chi connectivity index (χ0v) is 20.9. The summed E-state index contributed by atoms with van der Waals surface area (Å²) in [7, 11) is 0.0538. The Kier molecular flexibility index (Phi) is 7.04. The molecule has 1 atom stereocenters. The third-order valence-corrected chi connectivity index (χ3v) is 8.09. The fourth-order valence-corrected chi connectivity index (χ4v) is 6.05. The summed E-state index contributed by atoms with van der Waals surface area (Å²) < 4.78 is 35.2. The van der Waals surface area contributed by atoms with Crippen LogP contribution >= 0.6 is 12.4 Å². The van der Waals surface area contributed by atoms with Crippen LogP contribution in [0.25, 0.3) is 0 Å². The first kappa shape index (κ1) is 24.6. The van der Waals surface area contributed by atoms with Crippen LogP contribution in [0.1, 0.15) is 10.6 Å². The van der Waals surface area contributed by atoms with Gasteiger partial charge in [-0.05, 0) is 24.3 Å². The van der Waals surface area contributed by atoms with Crippen molar-refractivity contribution in [1.82, 2.24) is 9.80 Å². The van der Waals surface area contributed by atoms with E-state index in [1.54, 1.807) is 48.4 Å². The van der Waals surface area contributed by atoms with Crippen molar-refractivity contribution < 1.29 is 22.9 Å². The SMILES string of the molecule is COc1cc2c(cc1OC)S(=O)(c1ccccc1)=NC(N1CCN(C(=O)c3ccco3)CC1)=N2.Cl. The highest BCUT2D eigenvalue weighted by Gasteiger charge is 2.31. The molecule has 2 aliphatic rings. The molecule has 11 heteroatoms. The quantitative estimate of drug-likeness (QED) is 0.518. The van der Waals surface area contributed by atoms with E-state index in [1.165, 1.54) is 13.4 Å². The van der Waals surface area contributed by atoms with E-state index in [4.69, 9.17) is 18.9 Å². The molecule has 0 N–H and O–H groups in total. The van der Waals surface area contributed by atoms with Crippen LogP contribution in [-0.4, -0.2) is 66.3 Å². The van der Waals surface area contributed by atoms with Crippen molar-refractivity contribution >= 4 is 39.7 Å². The highest BCUT2D eigenvalue weighted by Crippen LogP contribution is 2.42. The van der Waals surface area contributed by atoms with E-state index in [9.17, 15) is 9.00 Å². The van der Waals surface area contributed by atoms with Crippen LogP contribution in [0.5, 0.6) is 11.5 Å². The summed E-state index contributed by atoms with van der Waals surface area (Å²) in [5.41, 5.74) is 0.519. The Hall–Kier alpha value is -3.50. The summed E-state index contributed by atoms with van der Waals surface area (Å²) in [5, 5.41) is 0. The summed E-state index contributed by atoms with van der Waals surface area (Å²) in [6, 6.07) is 15.9. The Balaban J connectivity index is 0.00000289. The molecule has 1 aromatic heterocycles. The van der Waals surface area contributed by atoms with Crippen molar-refractivity contribution in [3.63, 3.8) is 0 Å². The molecule has 0 aliphatic carbocycles. The van der Waals surface area contributed by atoms with Gasteiger partial charge in [-0.25, -0.2) is 9.20 Å². The molecule has 1 amide bonds. The lowest BCUT2D eigenvalue weighted by atomic mass is 10.2. The smallest absolute Gasteiger partial charge is 0.289 e. The van der Waals surface area contributed by atoms with Gasteiger partial charge in [0, 0.05) is 38.3 Å². The molecule has 1 fully saturated rings. The number of guanidine groups is 1. The third-order valence-electron chi connectivity index (χ3n) is 5.84. The maximum Gasteiger partial charge on any atom is 0.289 e. The molecule has 184 valence electrons. The molecule has 0 spiro atoms. The van der Waals surface area contributed by atoms with Gasteiger partial charge in [-0.3, -0.25) is 4.79 Å². The van der Waals surface area contributed by atoms with E-state index in [0.29, 0.717) is 64.9 Å². The van der Waals surface area contributed by atoms with Gasteiger partial charge in [-0.15, -0.1) is 12.4 Å². The van der Waals surface area contributed by atoms with Gasteiger partial charge in [-0.2, -0.15) is 4.36 Å². The molecule has 5 rings (SSSR count). The Morgan fingerprint density at radius 2 is 1.66 bits per heavy atom. The van der Waals surface area contributed by atoms with Gasteiger partial charge in [0.05, 0.1) is 36.0 Å². The number of fused-ring (bicyclic) bond motifs is 1. The number of carbonyl (C=O) groups is 1. The lowest BCUT2D eigenvalue weighted by molar-refractivity contribution is 0.0659. The van der Waals surface area contributed by atoms with Crippen molar-refractivity contribution in [2.24, 2.45) is 9.36 Å². The molecule has 2 aliphatic heterocycles. The number of hydrogen-bond acceptors (Lipinski definition) is 8. The maximum absolute atomic E-state index is 14.4. The summed E-state index contributed by atoms with van der Waals surface area (Å²) in [4.78, 5) is 22.1. The predicted molar refractivity (Wildman–Crippen MR) is 134 cm³/mol. The molecule has 2 aromatic carbocycles. The van der Waals surface area contributed by atoms with Crippen LogP contribution in [0.4, 0.5) is 5.69 Å². The highest BCUT2D eigenvalue weighted by atomic mass is 35.5. The largest absolute Gasteiger partial charge is 0.493 e. The van der Waals surface area contributed by atoms with E-state index in [1.807, 2.05) is 23.1 Å². The van der Waals surface area contributed by atoms with Crippen LogP contribution < -0.4 is 9.47 Å². The second kappa shape index (κ2) is 10.0. The van der Waals surface area contributed by atoms with Gasteiger partial charge >= 0.3 is 0 Å². The molecule has 9 nitrogen and oxygen atoms in total. The van der Waals surface area contributed by atoms with Gasteiger partial charge in [0.15, 0.2) is 17.3 Å². The van der Waals surface area contributed by atoms with E-state index < -0.39 is 9.73 Å². The molecular weight excluding hydrogens is 492 g/mol. The van der Waals surface area contributed by atoms with E-state index in [0.717, 1.165) is 0 Å². The summed E-state index contributed by atoms with van der Waals surface area (Å²) in [5.74, 6) is 1.50. The van der Waals surface area contributed by atoms with Gasteiger partial charge in [-0.1, -0.05) is 18.2 Å². The molecule has 3 aromatic rings. The molecule has 0 bridgehead atoms. The van der Waals surface area contributed by atoms with Crippen molar-refractivity contribution in [2.45, 2.75) is 9.79 Å². The zero-order chi connectivity index (χ0) is 23.7. The number of hydrogen-bond donors (Lipinski definition) is 0. The van der Waals surface area contributed by atoms with Crippen LogP contribution in [-0.2, 0) is 9.73 Å². The number of carbonyl (C=O) groups excluding carboxylic acids is 1. The number of furan rings is 1. The third kappa shape index (κ3) is 4.46. The van der Waals surface area contributed by atoms with Gasteiger partial charge in [0.2, 0.25) is 5.96 Å². The number of amides is 1. The number of benzene rings is 2. The molecule has 0 saturated carbocycles. The number of aliphatic imine (C=N–C) groups is 1. The number of nitrogens with zero attached hydrogens (tertiary/aromatic N) is 4. The average Bonchev–Trinajstić information content (AvgIpc) is 3.43. The number of methoxy groups -OCH3 is 2. The molecule has 1 unspecified atom stereocenters. The molecule has 3 heterocycles. The monoisotopic (exact) mass is 516 g/mol. The Morgan fingerprint density at radius 3 is 2.29 bits per heavy atom. The zero-order valence-electron chi connectivity index (χ0n) is 19.2. The molecule has 0 radical (unpaired) electrons. The average molecular weight is 517 g/mol. The topological polar surface area (TPSA) is 96.9 Å². The lowest BCUT2D eigenvalue weighted by Crippen LogP contribution is -2.50. The fourth-order valence-electron chi connectivity index (χ4n) is 4.03. The number of halogens is 1. The number of ether oxygens (including phenoxy) is 2. The lowest BCUT2D eigenvalue weighted by Gasteiger charge is -2.35. The van der Waals surface area contributed by atoms with Crippen molar-refractivity contribution in [1.29, 1.82) is 0 Å². The fraction of sp³-hybridized carbons (Fsp3) is 0.250. The van der Waals surface area contributed by atoms with E-state index >= 15 is 0 Å². The standard InChI is InChI=1S/C24H24N4O5S.ClH/c1-31-20-15-18-22(16-21(20)32-2)34(30,17-7-4-3-5-8-17)26-24(25-18)28-12-10-27(11-13-28)23(29)19-9-6-14-33-19;/h3-9,14-16H,10-13H2,1-2H3;1H. The summed E-state index contributed by atoms with van der Waals surface area (Å²) in [6.45, 7) is 1.95. The maximum atomic E-state index is 14.4. The molecule has 35 heavy (non-hydrogen) atoms. The summed E-state index contributed by atoms with van der Waals surface area (Å²) in [6.07, 6.45) is 1.49. The Bertz CT molecular complexity index is 1360. The number of piperazine rings is 1. The minimum Gasteiger partial charge on any atom is -0.493 e. The highest BCUT2D eigenvalue weighted by molar-refractivity contribution is 7.94. The normalized spacial score (nSPS) is 19.1. The van der Waals surface area contributed by atoms with Crippen LogP contribution in [0.2, 0.25) is 0 Å². The van der Waals surface area contributed by atoms with E-state index in [-0.39, 0.29) is 18.3 Å². The van der Waals surface area contributed by atoms with Gasteiger partial charge in [0.1, 0.15) is 9.73 Å². The Morgan fingerprint density at radius 1 is 0.971 bits per heavy atom. The number of rotatable bonds is 4. The summed E-state index contributed by atoms with van der Waals surface area (Å²) >= 11 is 0. The van der Waals surface area contributed by atoms with Gasteiger partial charge in [0.25, 0.3) is 5.91 Å². The first-order chi connectivity index (χ1) is 16.5. The first-order valence-electron chi connectivity index (χ1n) is 10.8. The van der Waals surface area contributed by atoms with Crippen molar-refractivity contribution in [3.05, 3.63) is 66.6 Å². The van der Waals surface area contributed by atoms with Crippen molar-refractivity contribution in [2.75, 3.05) is 40.4 Å².